The number of aliphatic hydroxyl groups is 1. The zero-order valence-corrected chi connectivity index (χ0v) is 83.3. The van der Waals surface area contributed by atoms with Crippen LogP contribution in [0.5, 0.6) is 17.2 Å². The summed E-state index contributed by atoms with van der Waals surface area (Å²) in [5, 5.41) is 19.0. The number of likely N-dealkylation sites (tertiary alicyclic amines) is 6. The molecule has 24 heteroatoms. The fourth-order valence-corrected chi connectivity index (χ4v) is 24.5. The maximum atomic E-state index is 12.4. The monoisotopic (exact) mass is 1940 g/mol. The fraction of sp³-hybridized carbons (Fsp3) is 0.698. The number of halogens is 1. The highest BCUT2D eigenvalue weighted by molar-refractivity contribution is 14.1. The summed E-state index contributed by atoms with van der Waals surface area (Å²) in [6.07, 6.45) is 48.2. The van der Waals surface area contributed by atoms with Gasteiger partial charge in [0.25, 0.3) is 16.0 Å². The zero-order valence-electron chi connectivity index (χ0n) is 79.6. The first-order valence-electron chi connectivity index (χ1n) is 50.9. The summed E-state index contributed by atoms with van der Waals surface area (Å²) in [6.45, 7) is 29.1. The molecular weight excluding hydrogens is 1780 g/mol. The van der Waals surface area contributed by atoms with Crippen molar-refractivity contribution in [3.8, 4) is 17.2 Å². The molecule has 130 heavy (non-hydrogen) atoms. The number of aliphatic hydroxyl groups excluding tert-OH is 1. The van der Waals surface area contributed by atoms with Crippen LogP contribution in [0.25, 0.3) is 0 Å². The maximum absolute atomic E-state index is 12.4. The molecule has 0 aromatic heterocycles. The van der Waals surface area contributed by atoms with Crippen LogP contribution in [0.2, 0.25) is 0 Å². The van der Waals surface area contributed by atoms with E-state index in [0.717, 1.165) is 184 Å². The smallest absolute Gasteiger partial charge is 0.297 e. The lowest BCUT2D eigenvalue weighted by Gasteiger charge is -2.42. The van der Waals surface area contributed by atoms with Gasteiger partial charge in [-0.25, -0.2) is 0 Å². The van der Waals surface area contributed by atoms with Crippen molar-refractivity contribution in [2.75, 3.05) is 91.9 Å². The normalized spacial score (nSPS) is 31.0. The number of hydrogen-bond acceptors (Lipinski definition) is 20. The molecule has 7 saturated carbocycles. The molecule has 8 aliphatic heterocycles. The molecule has 1 amide bonds. The summed E-state index contributed by atoms with van der Waals surface area (Å²) in [4.78, 5) is 53.6. The minimum atomic E-state index is -3.62. The highest BCUT2D eigenvalue weighted by Gasteiger charge is 2.44. The number of carbonyl (C=O) groups is 3. The van der Waals surface area contributed by atoms with Gasteiger partial charge in [-0.3, -0.25) is 43.1 Å². The average Bonchev–Trinajstić information content (AvgIpc) is 1.36. The third-order valence-electron chi connectivity index (χ3n) is 31.2. The summed E-state index contributed by atoms with van der Waals surface area (Å²) < 4.78 is 60.0. The van der Waals surface area contributed by atoms with Crippen molar-refractivity contribution in [1.29, 1.82) is 0 Å². The van der Waals surface area contributed by atoms with Crippen LogP contribution in [-0.2, 0) is 33.4 Å². The molecule has 17 aliphatic rings. The Labute approximate surface area is 798 Å². The molecule has 1 N–H and O–H groups in total. The van der Waals surface area contributed by atoms with Gasteiger partial charge in [0, 0.05) is 171 Å². The molecule has 15 fully saturated rings. The first-order chi connectivity index (χ1) is 62.9. The van der Waals surface area contributed by atoms with E-state index in [9.17, 15) is 27.9 Å². The average molecular weight is 1940 g/mol. The zero-order chi connectivity index (χ0) is 91.2. The number of ether oxygens (including phenoxy) is 5. The summed E-state index contributed by atoms with van der Waals surface area (Å²) >= 11 is 7.94. The summed E-state index contributed by atoms with van der Waals surface area (Å²) in [5.41, 5.74) is 4.13. The van der Waals surface area contributed by atoms with Gasteiger partial charge in [-0.2, -0.15) is 8.42 Å². The van der Waals surface area contributed by atoms with Crippen LogP contribution in [-0.4, -0.2) is 264 Å². The van der Waals surface area contributed by atoms with Crippen molar-refractivity contribution in [2.24, 2.45) is 11.8 Å². The maximum Gasteiger partial charge on any atom is 0.297 e. The molecule has 0 bridgehead atoms. The minimum absolute atomic E-state index is 0.00722. The van der Waals surface area contributed by atoms with Crippen molar-refractivity contribution >= 4 is 67.4 Å². The van der Waals surface area contributed by atoms with Crippen LogP contribution in [0.1, 0.15) is 288 Å². The Bertz CT molecular complexity index is 4220. The van der Waals surface area contributed by atoms with E-state index in [0.29, 0.717) is 87.0 Å². The number of nitrogens with zero attached hydrogens (tertiary/aromatic N) is 8. The second-order valence-electron chi connectivity index (χ2n) is 40.9. The van der Waals surface area contributed by atoms with Gasteiger partial charge in [-0.05, 0) is 316 Å². The number of ketones is 2. The van der Waals surface area contributed by atoms with Crippen molar-refractivity contribution in [3.05, 3.63) is 141 Å². The molecule has 9 aliphatic carbocycles. The molecule has 0 spiro atoms. The molecule has 21 nitrogen and oxygen atoms in total. The molecule has 21 rings (SSSR count). The molecule has 6 unspecified atom stereocenters. The van der Waals surface area contributed by atoms with Crippen molar-refractivity contribution in [2.45, 2.75) is 375 Å². The lowest BCUT2D eigenvalue weighted by molar-refractivity contribution is -0.308. The second kappa shape index (κ2) is 49.4. The van der Waals surface area contributed by atoms with Crippen LogP contribution in [0.3, 0.4) is 0 Å². The quantitative estimate of drug-likeness (QED) is 0.0525. The van der Waals surface area contributed by atoms with Crippen LogP contribution in [0.4, 0.5) is 0 Å². The van der Waals surface area contributed by atoms with E-state index >= 15 is 0 Å². The number of hydrogen-bond donors (Lipinski definition) is 1. The van der Waals surface area contributed by atoms with Gasteiger partial charge in [-0.15, -0.1) is 5.76 Å². The SMILES string of the molecule is C1CCC(CC2CCCCC2)CC1.CC1CCCN1C1=CC(=O)C1.CC1CCCN1C1CC(O)C1.CC1CCCN1C1CC(Oc2ccc(C(=O)N3CCOCC3)cc2)C1.CC1CCCN1C1CC(Oc2ccc(C(=S)N3CCOCC3)cc2)C1.CC1CCCN1C1CC(Oc2ccc(I)cc2)C1.Cc1ccc(S(=O)(=O)OC2CC(N3CCCC3C)C2)cc1.O=C1C=C([O-])C1. The molecule has 8 heterocycles. The van der Waals surface area contributed by atoms with Gasteiger partial charge >= 0.3 is 0 Å². The predicted molar refractivity (Wildman–Crippen MR) is 526 cm³/mol. The number of aryl methyl sites for hydroxylation is 1. The van der Waals surface area contributed by atoms with Gasteiger partial charge in [0.2, 0.25) is 0 Å². The first-order valence-corrected chi connectivity index (χ1v) is 53.8. The van der Waals surface area contributed by atoms with E-state index in [1.807, 2.05) is 36.1 Å². The first kappa shape index (κ1) is 100. The molecule has 6 atom stereocenters. The lowest BCUT2D eigenvalue weighted by Crippen LogP contribution is -2.50. The topological polar surface area (TPSA) is 210 Å². The van der Waals surface area contributed by atoms with E-state index in [4.69, 9.17) is 45.2 Å². The van der Waals surface area contributed by atoms with Crippen molar-refractivity contribution < 1.29 is 60.9 Å². The Morgan fingerprint density at radius 1 is 0.431 bits per heavy atom. The molecule has 718 valence electrons. The third kappa shape index (κ3) is 29.0. The number of thiocarbonyl (C=S) groups is 1. The Balaban J connectivity index is 0.000000123. The second-order valence-corrected chi connectivity index (χ2v) is 44.1. The van der Waals surface area contributed by atoms with E-state index in [1.54, 1.807) is 62.4 Å². The van der Waals surface area contributed by atoms with Crippen LogP contribution >= 0.6 is 34.8 Å². The fourth-order valence-electron chi connectivity index (χ4n) is 22.7. The largest absolute Gasteiger partial charge is 0.875 e. The number of carbonyl (C=O) groups excluding carboxylic acids is 3. The van der Waals surface area contributed by atoms with Crippen LogP contribution < -0.4 is 19.3 Å². The molecule has 4 aromatic rings. The Kier molecular flexibility index (Phi) is 38.1. The van der Waals surface area contributed by atoms with E-state index in [-0.39, 0.29) is 41.0 Å². The summed E-state index contributed by atoms with van der Waals surface area (Å²) in [6, 6.07) is 38.9. The van der Waals surface area contributed by atoms with Gasteiger partial charge in [-0.1, -0.05) is 94.1 Å². The van der Waals surface area contributed by atoms with Crippen LogP contribution in [0.15, 0.2) is 126 Å². The van der Waals surface area contributed by atoms with Gasteiger partial charge < -0.3 is 48.6 Å². The highest BCUT2D eigenvalue weighted by atomic mass is 127. The highest BCUT2D eigenvalue weighted by Crippen LogP contribution is 2.42. The van der Waals surface area contributed by atoms with E-state index in [1.165, 1.54) is 164 Å². The standard InChI is InChI=1S/C20H28N2O3.C20H28N2O2S.C16H23NO3S.C15H20INO.C13H24.C9H17NO.C9H13NO.C4H4O2/c1-15-3-2-8-22(15)17-13-19(14-17)25-18-6-4-16(5-7-18)20(23)21-9-11-24-12-10-21;1-15-3-2-8-22(15)17-13-19(14-17)24-18-6-4-16(5-7-18)20(25)21-9-11-23-12-10-21;1-12-5-7-16(8-6-12)21(18,19)20-15-10-14(11-15)17-9-3-4-13(17)2;1-11-3-2-8-17(11)13-9-15(10-13)18-14-6-4-12(16)5-7-14;1-3-7-12(8-4-1)11-13-9-5-2-6-10-13;2*1-7-3-2-4-10(7)8-5-9(11)6-8;5-3-1-4(6)2-3/h2*4-7,15,17,19H,2-3,8-14H2,1H3;5-8,13-15H,3-4,9-11H2,1-2H3;4-7,11,13,15H,2-3,8-10H2,1H3;12-13H,1-11H2;7-9,11H,2-6H2,1H3;5,7H,2-4,6H2,1H3;1,5H,2H2/p-1. The number of allylic oxidation sites excluding steroid dienone is 4. The van der Waals surface area contributed by atoms with Crippen molar-refractivity contribution in [1.82, 2.24) is 39.2 Å². The van der Waals surface area contributed by atoms with Gasteiger partial charge in [0.15, 0.2) is 11.6 Å². The molecule has 8 saturated heterocycles. The van der Waals surface area contributed by atoms with Crippen LogP contribution in [0, 0.1) is 22.3 Å². The molecule has 4 aromatic carbocycles. The Hall–Kier alpha value is -5.62. The number of morpholine rings is 2. The minimum Gasteiger partial charge on any atom is -0.875 e. The number of benzene rings is 4. The summed E-state index contributed by atoms with van der Waals surface area (Å²) in [7, 11) is -3.62. The van der Waals surface area contributed by atoms with Crippen molar-refractivity contribution in [3.63, 3.8) is 0 Å². The Morgan fingerprint density at radius 2 is 0.777 bits per heavy atom. The number of rotatable bonds is 19. The third-order valence-corrected chi connectivity index (χ3v) is 33.8. The Morgan fingerprint density at radius 3 is 1.12 bits per heavy atom. The van der Waals surface area contributed by atoms with E-state index < -0.39 is 10.1 Å². The summed E-state index contributed by atoms with van der Waals surface area (Å²) in [5.74, 6) is 5.39. The number of amides is 1. The van der Waals surface area contributed by atoms with E-state index in [2.05, 4.69) is 147 Å². The lowest BCUT2D eigenvalue weighted by atomic mass is 9.78. The molecular formula is C106H156IN8O13S2-. The predicted octanol–water partition coefficient (Wildman–Crippen LogP) is 18.1. The molecule has 0 radical (unpaired) electrons. The van der Waals surface area contributed by atoms with Gasteiger partial charge in [0.1, 0.15) is 40.5 Å². The van der Waals surface area contributed by atoms with Gasteiger partial charge in [0.05, 0.1) is 50.0 Å².